The summed E-state index contributed by atoms with van der Waals surface area (Å²) in [5, 5.41) is 5.61. The lowest BCUT2D eigenvalue weighted by atomic mass is 10.1. The van der Waals surface area contributed by atoms with Crippen LogP contribution in [0.25, 0.3) is 0 Å². The molecular weight excluding hydrogens is 336 g/mol. The molecule has 0 spiro atoms. The van der Waals surface area contributed by atoms with Crippen LogP contribution < -0.4 is 15.4 Å². The van der Waals surface area contributed by atoms with Crippen molar-refractivity contribution in [3.05, 3.63) is 54.1 Å². The van der Waals surface area contributed by atoms with Gasteiger partial charge in [0.25, 0.3) is 0 Å². The van der Waals surface area contributed by atoms with Crippen LogP contribution in [0.2, 0.25) is 0 Å². The number of anilines is 2. The van der Waals surface area contributed by atoms with E-state index in [4.69, 9.17) is 4.74 Å². The van der Waals surface area contributed by atoms with Gasteiger partial charge in [0.15, 0.2) is 0 Å². The van der Waals surface area contributed by atoms with Crippen molar-refractivity contribution >= 4 is 35.0 Å². The van der Waals surface area contributed by atoms with E-state index in [9.17, 15) is 9.59 Å². The molecule has 2 aromatic rings. The summed E-state index contributed by atoms with van der Waals surface area (Å²) in [5.41, 5.74) is 2.69. The first kappa shape index (κ1) is 18.9. The van der Waals surface area contributed by atoms with E-state index in [1.54, 1.807) is 31.4 Å². The molecule has 2 N–H and O–H groups in total. The van der Waals surface area contributed by atoms with Crippen molar-refractivity contribution in [2.45, 2.75) is 13.3 Å². The van der Waals surface area contributed by atoms with Gasteiger partial charge in [-0.25, -0.2) is 0 Å². The lowest BCUT2D eigenvalue weighted by molar-refractivity contribution is -0.114. The van der Waals surface area contributed by atoms with Crippen molar-refractivity contribution in [3.63, 3.8) is 0 Å². The molecule has 0 bridgehead atoms. The number of amides is 2. The molecule has 0 fully saturated rings. The molecule has 0 saturated heterocycles. The third-order valence-electron chi connectivity index (χ3n) is 3.49. The molecular formula is C19H22N2O3S. The van der Waals surface area contributed by atoms with Crippen LogP contribution in [0, 0.1) is 0 Å². The summed E-state index contributed by atoms with van der Waals surface area (Å²) >= 11 is 1.27. The second kappa shape index (κ2) is 9.74. The molecule has 6 heteroatoms. The summed E-state index contributed by atoms with van der Waals surface area (Å²) in [6.45, 7) is 2.08. The Hall–Kier alpha value is -2.47. The molecule has 0 unspecified atom stereocenters. The smallest absolute Gasteiger partial charge is 0.234 e. The summed E-state index contributed by atoms with van der Waals surface area (Å²) in [4.78, 5) is 23.8. The number of thioether (sulfide) groups is 1. The highest BCUT2D eigenvalue weighted by molar-refractivity contribution is 8.00. The van der Waals surface area contributed by atoms with Gasteiger partial charge < -0.3 is 15.4 Å². The molecule has 2 aromatic carbocycles. The van der Waals surface area contributed by atoms with Crippen LogP contribution in [-0.2, 0) is 16.0 Å². The molecule has 132 valence electrons. The number of rotatable bonds is 8. The minimum atomic E-state index is -0.143. The van der Waals surface area contributed by atoms with Crippen LogP contribution in [0.5, 0.6) is 5.75 Å². The Kier molecular flexibility index (Phi) is 7.35. The van der Waals surface area contributed by atoms with Gasteiger partial charge in [-0.2, -0.15) is 0 Å². The molecule has 0 radical (unpaired) electrons. The van der Waals surface area contributed by atoms with E-state index < -0.39 is 0 Å². The van der Waals surface area contributed by atoms with Crippen LogP contribution in [0.3, 0.4) is 0 Å². The number of carbonyl (C=O) groups is 2. The fraction of sp³-hybridized carbons (Fsp3) is 0.263. The van der Waals surface area contributed by atoms with Crippen molar-refractivity contribution < 1.29 is 14.3 Å². The number of ether oxygens (including phenoxy) is 1. The summed E-state index contributed by atoms with van der Waals surface area (Å²) in [6.07, 6.45) is 0.966. The first-order chi connectivity index (χ1) is 12.1. The van der Waals surface area contributed by atoms with Gasteiger partial charge in [0.05, 0.1) is 18.6 Å². The summed E-state index contributed by atoms with van der Waals surface area (Å²) in [7, 11) is 1.59. The molecule has 25 heavy (non-hydrogen) atoms. The zero-order chi connectivity index (χ0) is 18.1. The lowest BCUT2D eigenvalue weighted by Crippen LogP contribution is -2.18. The average Bonchev–Trinajstić information content (AvgIpc) is 2.63. The van der Waals surface area contributed by atoms with Crippen molar-refractivity contribution in [2.24, 2.45) is 0 Å². The number of methoxy groups -OCH3 is 1. The second-order valence-electron chi connectivity index (χ2n) is 5.37. The van der Waals surface area contributed by atoms with Gasteiger partial charge in [-0.15, -0.1) is 11.8 Å². The van der Waals surface area contributed by atoms with E-state index in [0.717, 1.165) is 17.9 Å². The number of aryl methyl sites for hydroxylation is 1. The van der Waals surface area contributed by atoms with E-state index in [2.05, 4.69) is 17.6 Å². The average molecular weight is 358 g/mol. The highest BCUT2D eigenvalue weighted by Crippen LogP contribution is 2.15. The van der Waals surface area contributed by atoms with Crippen LogP contribution in [0.4, 0.5) is 11.4 Å². The summed E-state index contributed by atoms with van der Waals surface area (Å²) < 4.78 is 5.07. The van der Waals surface area contributed by atoms with Crippen LogP contribution in [0.1, 0.15) is 12.5 Å². The maximum absolute atomic E-state index is 11.9. The molecule has 2 amide bonds. The topological polar surface area (TPSA) is 67.4 Å². The zero-order valence-corrected chi connectivity index (χ0v) is 15.2. The van der Waals surface area contributed by atoms with Gasteiger partial charge in [0, 0.05) is 11.4 Å². The van der Waals surface area contributed by atoms with Gasteiger partial charge in [-0.3, -0.25) is 9.59 Å². The molecule has 0 atom stereocenters. The summed E-state index contributed by atoms with van der Waals surface area (Å²) in [5.74, 6) is 0.914. The number of hydrogen-bond acceptors (Lipinski definition) is 4. The number of benzene rings is 2. The molecule has 0 saturated carbocycles. The zero-order valence-electron chi connectivity index (χ0n) is 14.4. The van der Waals surface area contributed by atoms with Crippen molar-refractivity contribution in [1.82, 2.24) is 0 Å². The monoisotopic (exact) mass is 358 g/mol. The molecule has 5 nitrogen and oxygen atoms in total. The van der Waals surface area contributed by atoms with Gasteiger partial charge in [0.2, 0.25) is 11.8 Å². The number of nitrogens with one attached hydrogen (secondary N) is 2. The standard InChI is InChI=1S/C19H22N2O3S/c1-3-14-4-6-15(7-5-14)20-18(22)12-25-13-19(23)21-16-8-10-17(24-2)11-9-16/h4-11H,3,12-13H2,1-2H3,(H,20,22)(H,21,23). The van der Waals surface area contributed by atoms with Crippen LogP contribution >= 0.6 is 11.8 Å². The molecule has 0 aromatic heterocycles. The van der Waals surface area contributed by atoms with Gasteiger partial charge in [-0.05, 0) is 48.4 Å². The first-order valence-corrected chi connectivity index (χ1v) is 9.16. The quantitative estimate of drug-likeness (QED) is 0.757. The summed E-state index contributed by atoms with van der Waals surface area (Å²) in [6, 6.07) is 14.9. The van der Waals surface area contributed by atoms with E-state index in [-0.39, 0.29) is 23.3 Å². The second-order valence-corrected chi connectivity index (χ2v) is 6.35. The molecule has 0 aliphatic rings. The van der Waals surface area contributed by atoms with E-state index >= 15 is 0 Å². The fourth-order valence-electron chi connectivity index (χ4n) is 2.13. The Morgan fingerprint density at radius 3 is 1.80 bits per heavy atom. The fourth-order valence-corrected chi connectivity index (χ4v) is 2.75. The molecule has 0 aliphatic carbocycles. The highest BCUT2D eigenvalue weighted by atomic mass is 32.2. The van der Waals surface area contributed by atoms with Crippen molar-refractivity contribution in [3.8, 4) is 5.75 Å². The maximum atomic E-state index is 11.9. The third-order valence-corrected chi connectivity index (χ3v) is 4.42. The Bertz CT molecular complexity index is 638. The SMILES string of the molecule is CCc1ccc(NC(=O)CSCC(=O)Nc2ccc(OC)cc2)cc1. The number of carbonyl (C=O) groups excluding carboxylic acids is 2. The van der Waals surface area contributed by atoms with Crippen LogP contribution in [-0.4, -0.2) is 30.4 Å². The minimum absolute atomic E-state index is 0.119. The van der Waals surface area contributed by atoms with Gasteiger partial charge >= 0.3 is 0 Å². The number of hydrogen-bond donors (Lipinski definition) is 2. The molecule has 2 rings (SSSR count). The molecule has 0 aliphatic heterocycles. The Balaban J connectivity index is 1.69. The van der Waals surface area contributed by atoms with Gasteiger partial charge in [-0.1, -0.05) is 19.1 Å². The first-order valence-electron chi connectivity index (χ1n) is 8.01. The van der Waals surface area contributed by atoms with Gasteiger partial charge in [0.1, 0.15) is 5.75 Å². The molecule has 0 heterocycles. The van der Waals surface area contributed by atoms with E-state index in [0.29, 0.717) is 5.69 Å². The predicted molar refractivity (Wildman–Crippen MR) is 103 cm³/mol. The van der Waals surface area contributed by atoms with Crippen molar-refractivity contribution in [1.29, 1.82) is 0 Å². The van der Waals surface area contributed by atoms with E-state index in [1.807, 2.05) is 24.3 Å². The third kappa shape index (κ3) is 6.51. The maximum Gasteiger partial charge on any atom is 0.234 e. The predicted octanol–water partition coefficient (Wildman–Crippen LogP) is 3.57. The largest absolute Gasteiger partial charge is 0.497 e. The Morgan fingerprint density at radius 2 is 1.36 bits per heavy atom. The Morgan fingerprint density at radius 1 is 0.880 bits per heavy atom. The van der Waals surface area contributed by atoms with Crippen LogP contribution in [0.15, 0.2) is 48.5 Å². The minimum Gasteiger partial charge on any atom is -0.497 e. The van der Waals surface area contributed by atoms with E-state index in [1.165, 1.54) is 17.3 Å². The highest BCUT2D eigenvalue weighted by Gasteiger charge is 2.07. The Labute approximate surface area is 152 Å². The normalized spacial score (nSPS) is 10.2. The van der Waals surface area contributed by atoms with Crippen molar-refractivity contribution in [2.75, 3.05) is 29.2 Å². The lowest BCUT2D eigenvalue weighted by Gasteiger charge is -2.07.